The van der Waals surface area contributed by atoms with Gasteiger partial charge in [-0.05, 0) is 61.7 Å². The van der Waals surface area contributed by atoms with E-state index in [1.54, 1.807) is 23.1 Å². The second kappa shape index (κ2) is 6.65. The van der Waals surface area contributed by atoms with Gasteiger partial charge in [0.2, 0.25) is 5.91 Å². The van der Waals surface area contributed by atoms with E-state index in [-0.39, 0.29) is 11.8 Å². The van der Waals surface area contributed by atoms with E-state index in [1.165, 1.54) is 0 Å². The fourth-order valence-corrected chi connectivity index (χ4v) is 3.23. The van der Waals surface area contributed by atoms with Crippen molar-refractivity contribution in [1.29, 1.82) is 0 Å². The fraction of sp³-hybridized carbons (Fsp3) is 0.263. The summed E-state index contributed by atoms with van der Waals surface area (Å²) in [5.41, 5.74) is 3.93. The Labute approximate surface area is 146 Å². The zero-order valence-corrected chi connectivity index (χ0v) is 14.5. The number of benzene rings is 2. The van der Waals surface area contributed by atoms with Crippen molar-refractivity contribution in [3.05, 3.63) is 58.1 Å². The fourth-order valence-electron chi connectivity index (χ4n) is 3.07. The van der Waals surface area contributed by atoms with Gasteiger partial charge in [-0.1, -0.05) is 17.7 Å². The van der Waals surface area contributed by atoms with Gasteiger partial charge in [-0.25, -0.2) is 0 Å². The number of nitrogens with zero attached hydrogens (tertiary/aromatic N) is 1. The predicted molar refractivity (Wildman–Crippen MR) is 96.9 cm³/mol. The summed E-state index contributed by atoms with van der Waals surface area (Å²) in [5.74, 6) is -0.218. The molecule has 2 aromatic rings. The molecule has 0 spiro atoms. The molecule has 1 aliphatic rings. The maximum absolute atomic E-state index is 12.7. The first-order chi connectivity index (χ1) is 11.4. The van der Waals surface area contributed by atoms with Crippen molar-refractivity contribution in [2.45, 2.75) is 26.7 Å². The van der Waals surface area contributed by atoms with Crippen LogP contribution in [0.1, 0.15) is 34.3 Å². The minimum atomic E-state index is -0.244. The van der Waals surface area contributed by atoms with Gasteiger partial charge in [-0.3, -0.25) is 9.59 Å². The third kappa shape index (κ3) is 3.44. The van der Waals surface area contributed by atoms with Gasteiger partial charge < -0.3 is 10.2 Å². The van der Waals surface area contributed by atoms with Crippen LogP contribution in [0.25, 0.3) is 0 Å². The summed E-state index contributed by atoms with van der Waals surface area (Å²) in [4.78, 5) is 26.4. The number of halogens is 1. The van der Waals surface area contributed by atoms with Crippen LogP contribution in [-0.4, -0.2) is 18.4 Å². The largest absolute Gasteiger partial charge is 0.322 e. The van der Waals surface area contributed by atoms with Crippen molar-refractivity contribution in [3.63, 3.8) is 0 Å². The average molecular weight is 343 g/mol. The van der Waals surface area contributed by atoms with E-state index in [0.717, 1.165) is 23.2 Å². The molecule has 0 radical (unpaired) electrons. The molecule has 1 fully saturated rings. The van der Waals surface area contributed by atoms with Gasteiger partial charge in [-0.15, -0.1) is 0 Å². The summed E-state index contributed by atoms with van der Waals surface area (Å²) in [6.07, 6.45) is 1.30. The number of rotatable bonds is 3. The van der Waals surface area contributed by atoms with Crippen LogP contribution in [0.2, 0.25) is 5.02 Å². The molecule has 0 bridgehead atoms. The van der Waals surface area contributed by atoms with Crippen molar-refractivity contribution in [1.82, 2.24) is 0 Å². The molecule has 1 N–H and O–H groups in total. The number of hydrogen-bond acceptors (Lipinski definition) is 2. The molecule has 0 saturated carbocycles. The predicted octanol–water partition coefficient (Wildman–Crippen LogP) is 4.34. The molecule has 1 saturated heterocycles. The summed E-state index contributed by atoms with van der Waals surface area (Å²) in [6, 6.07) is 10.9. The van der Waals surface area contributed by atoms with Crippen LogP contribution in [0.5, 0.6) is 0 Å². The molecule has 0 aliphatic carbocycles. The average Bonchev–Trinajstić information content (AvgIpc) is 2.92. The van der Waals surface area contributed by atoms with Crippen LogP contribution in [0.15, 0.2) is 36.4 Å². The van der Waals surface area contributed by atoms with E-state index in [9.17, 15) is 9.59 Å². The molecule has 2 amide bonds. The molecular weight excluding hydrogens is 324 g/mol. The molecule has 5 heteroatoms. The van der Waals surface area contributed by atoms with E-state index in [1.807, 2.05) is 32.0 Å². The number of hydrogen-bond donors (Lipinski definition) is 1. The Morgan fingerprint density at radius 2 is 1.83 bits per heavy atom. The van der Waals surface area contributed by atoms with E-state index >= 15 is 0 Å². The minimum Gasteiger partial charge on any atom is -0.322 e. The van der Waals surface area contributed by atoms with Gasteiger partial charge in [-0.2, -0.15) is 0 Å². The number of anilines is 2. The first-order valence-corrected chi connectivity index (χ1v) is 8.31. The van der Waals surface area contributed by atoms with Gasteiger partial charge in [0.15, 0.2) is 0 Å². The van der Waals surface area contributed by atoms with Gasteiger partial charge in [0.1, 0.15) is 0 Å². The zero-order valence-electron chi connectivity index (χ0n) is 13.7. The molecule has 124 valence electrons. The smallest absolute Gasteiger partial charge is 0.257 e. The van der Waals surface area contributed by atoms with Crippen molar-refractivity contribution < 1.29 is 9.59 Å². The summed E-state index contributed by atoms with van der Waals surface area (Å²) >= 11 is 6.08. The van der Waals surface area contributed by atoms with E-state index < -0.39 is 0 Å². The second-order valence-corrected chi connectivity index (χ2v) is 6.58. The number of aryl methyl sites for hydroxylation is 2. The maximum Gasteiger partial charge on any atom is 0.257 e. The topological polar surface area (TPSA) is 49.4 Å². The van der Waals surface area contributed by atoms with Crippen LogP contribution in [0, 0.1) is 13.8 Å². The van der Waals surface area contributed by atoms with Gasteiger partial charge in [0, 0.05) is 23.7 Å². The minimum absolute atomic E-state index is 0.0257. The monoisotopic (exact) mass is 342 g/mol. The Bertz CT molecular complexity index is 797. The normalized spacial score (nSPS) is 14.1. The Balaban J connectivity index is 1.93. The Morgan fingerprint density at radius 3 is 2.46 bits per heavy atom. The second-order valence-electron chi connectivity index (χ2n) is 6.14. The van der Waals surface area contributed by atoms with E-state index in [4.69, 9.17) is 11.6 Å². The summed E-state index contributed by atoms with van der Waals surface area (Å²) in [5, 5.41) is 3.43. The van der Waals surface area contributed by atoms with Crippen LogP contribution in [0.4, 0.5) is 11.4 Å². The zero-order chi connectivity index (χ0) is 17.3. The molecule has 0 aromatic heterocycles. The highest BCUT2D eigenvalue weighted by Gasteiger charge is 2.26. The highest BCUT2D eigenvalue weighted by Crippen LogP contribution is 2.29. The third-order valence-electron chi connectivity index (χ3n) is 4.05. The number of amides is 2. The first-order valence-electron chi connectivity index (χ1n) is 7.93. The van der Waals surface area contributed by atoms with Crippen LogP contribution < -0.4 is 10.2 Å². The van der Waals surface area contributed by atoms with Crippen LogP contribution in [-0.2, 0) is 4.79 Å². The van der Waals surface area contributed by atoms with Crippen molar-refractivity contribution >= 4 is 34.8 Å². The van der Waals surface area contributed by atoms with Crippen molar-refractivity contribution in [2.75, 3.05) is 16.8 Å². The number of carbonyl (C=O) groups is 2. The summed E-state index contributed by atoms with van der Waals surface area (Å²) in [7, 11) is 0. The molecule has 1 aliphatic heterocycles. The molecule has 2 aromatic carbocycles. The highest BCUT2D eigenvalue weighted by atomic mass is 35.5. The SMILES string of the molecule is Cc1cc(C)cc(NC(=O)c2ccc(Cl)cc2N2CCCC2=O)c1. The molecule has 0 unspecified atom stereocenters. The van der Waals surface area contributed by atoms with Crippen molar-refractivity contribution in [3.8, 4) is 0 Å². The highest BCUT2D eigenvalue weighted by molar-refractivity contribution is 6.31. The molecular formula is C19H19ClN2O2. The van der Waals surface area contributed by atoms with E-state index in [0.29, 0.717) is 29.2 Å². The molecule has 0 atom stereocenters. The van der Waals surface area contributed by atoms with Crippen LogP contribution >= 0.6 is 11.6 Å². The molecule has 24 heavy (non-hydrogen) atoms. The summed E-state index contributed by atoms with van der Waals surface area (Å²) < 4.78 is 0. The maximum atomic E-state index is 12.7. The quantitative estimate of drug-likeness (QED) is 0.902. The van der Waals surface area contributed by atoms with Crippen molar-refractivity contribution in [2.24, 2.45) is 0 Å². The lowest BCUT2D eigenvalue weighted by molar-refractivity contribution is -0.117. The number of carbonyl (C=O) groups excluding carboxylic acids is 2. The standard InChI is InChI=1S/C19H19ClN2O2/c1-12-8-13(2)10-15(9-12)21-19(24)16-6-5-14(20)11-17(16)22-7-3-4-18(22)23/h5-6,8-11H,3-4,7H2,1-2H3,(H,21,24). The molecule has 4 nitrogen and oxygen atoms in total. The first kappa shape index (κ1) is 16.5. The Kier molecular flexibility index (Phi) is 4.58. The van der Waals surface area contributed by atoms with Crippen LogP contribution in [0.3, 0.4) is 0 Å². The lowest BCUT2D eigenvalue weighted by atomic mass is 10.1. The Morgan fingerprint density at radius 1 is 1.12 bits per heavy atom. The lowest BCUT2D eigenvalue weighted by Crippen LogP contribution is -2.27. The molecule has 3 rings (SSSR count). The van der Waals surface area contributed by atoms with Gasteiger partial charge in [0.05, 0.1) is 11.3 Å². The number of nitrogens with one attached hydrogen (secondary N) is 1. The Hall–Kier alpha value is -2.33. The molecule has 1 heterocycles. The van der Waals surface area contributed by atoms with Gasteiger partial charge in [0.25, 0.3) is 5.91 Å². The van der Waals surface area contributed by atoms with E-state index in [2.05, 4.69) is 5.32 Å². The van der Waals surface area contributed by atoms with Gasteiger partial charge >= 0.3 is 0 Å². The lowest BCUT2D eigenvalue weighted by Gasteiger charge is -2.20. The summed E-state index contributed by atoms with van der Waals surface area (Å²) in [6.45, 7) is 4.58. The third-order valence-corrected chi connectivity index (χ3v) is 4.28.